The molecule has 2 aliphatic heterocycles. The largest absolute Gasteiger partial charge is 0.507 e. The number of phenolic OH excluding ortho intramolecular Hbond substituents is 1. The Bertz CT molecular complexity index is 1020. The van der Waals surface area contributed by atoms with Crippen LogP contribution in [0.3, 0.4) is 0 Å². The predicted octanol–water partition coefficient (Wildman–Crippen LogP) is 5.49. The minimum Gasteiger partial charge on any atom is -0.507 e. The summed E-state index contributed by atoms with van der Waals surface area (Å²) >= 11 is 0. The van der Waals surface area contributed by atoms with Gasteiger partial charge in [0.05, 0.1) is 0 Å². The third-order valence-electron chi connectivity index (χ3n) is 6.84. The van der Waals surface area contributed by atoms with Crippen LogP contribution in [0, 0.1) is 5.92 Å². The molecule has 5 rings (SSSR count). The fourth-order valence-electron chi connectivity index (χ4n) is 5.44. The van der Waals surface area contributed by atoms with Gasteiger partial charge in [0.15, 0.2) is 5.78 Å². The van der Waals surface area contributed by atoms with Gasteiger partial charge >= 0.3 is 0 Å². The van der Waals surface area contributed by atoms with Crippen LogP contribution in [0.4, 0.5) is 0 Å². The Kier molecular flexibility index (Phi) is 3.86. The van der Waals surface area contributed by atoms with E-state index in [1.165, 1.54) is 6.08 Å². The van der Waals surface area contributed by atoms with Gasteiger partial charge in [0.2, 0.25) is 0 Å². The summed E-state index contributed by atoms with van der Waals surface area (Å²) in [6.07, 6.45) is 6.14. The molecule has 0 unspecified atom stereocenters. The number of phenols is 1. The molecule has 1 saturated carbocycles. The molecule has 2 aromatic rings. The zero-order chi connectivity index (χ0) is 20.4. The van der Waals surface area contributed by atoms with Gasteiger partial charge in [-0.3, -0.25) is 4.79 Å². The molecule has 2 aromatic carbocycles. The van der Waals surface area contributed by atoms with E-state index in [1.807, 2.05) is 30.3 Å². The molecule has 0 radical (unpaired) electrons. The molecule has 29 heavy (non-hydrogen) atoms. The highest BCUT2D eigenvalue weighted by molar-refractivity contribution is 6.11. The van der Waals surface area contributed by atoms with Crippen LogP contribution >= 0.6 is 0 Å². The minimum absolute atomic E-state index is 0.0840. The number of hydrogen-bond donors (Lipinski definition) is 1. The standard InChI is InChI=1S/C25H26O4/c1-24(2)17-11-12-25(3)14-16(17)21-20(28-24)13-19(27)22(23(21)29-25)18(26)10-9-15-7-5-4-6-8-15/h4-10,13,16-17,27H,11-12,14H2,1-3H3/b10-9+/t16-,17+,25-/m1/s1. The lowest BCUT2D eigenvalue weighted by atomic mass is 9.61. The van der Waals surface area contributed by atoms with E-state index in [1.54, 1.807) is 12.1 Å². The molecule has 150 valence electrons. The normalized spacial score (nSPS) is 28.5. The molecule has 0 spiro atoms. The van der Waals surface area contributed by atoms with Crippen LogP contribution in [-0.4, -0.2) is 22.1 Å². The quantitative estimate of drug-likeness (QED) is 0.556. The highest BCUT2D eigenvalue weighted by Gasteiger charge is 2.55. The predicted molar refractivity (Wildman–Crippen MR) is 112 cm³/mol. The smallest absolute Gasteiger partial charge is 0.193 e. The average molecular weight is 390 g/mol. The van der Waals surface area contributed by atoms with E-state index in [4.69, 9.17) is 9.47 Å². The van der Waals surface area contributed by atoms with Crippen molar-refractivity contribution in [2.24, 2.45) is 5.92 Å². The van der Waals surface area contributed by atoms with E-state index in [-0.39, 0.29) is 34.2 Å². The lowest BCUT2D eigenvalue weighted by Gasteiger charge is -2.55. The zero-order valence-electron chi connectivity index (χ0n) is 17.1. The summed E-state index contributed by atoms with van der Waals surface area (Å²) in [6, 6.07) is 11.3. The Morgan fingerprint density at radius 2 is 1.93 bits per heavy atom. The van der Waals surface area contributed by atoms with Crippen LogP contribution in [0.25, 0.3) is 6.08 Å². The monoisotopic (exact) mass is 390 g/mol. The number of carbonyl (C=O) groups excluding carboxylic acids is 1. The molecular formula is C25H26O4. The summed E-state index contributed by atoms with van der Waals surface area (Å²) in [5.41, 5.74) is 1.52. The van der Waals surface area contributed by atoms with Crippen molar-refractivity contribution < 1.29 is 19.4 Å². The molecule has 1 fully saturated rings. The van der Waals surface area contributed by atoms with Gasteiger partial charge in [0.25, 0.3) is 0 Å². The lowest BCUT2D eigenvalue weighted by molar-refractivity contribution is -0.0730. The Morgan fingerprint density at radius 1 is 1.17 bits per heavy atom. The van der Waals surface area contributed by atoms with E-state index >= 15 is 0 Å². The van der Waals surface area contributed by atoms with E-state index < -0.39 is 0 Å². The van der Waals surface area contributed by atoms with Crippen LogP contribution in [0.5, 0.6) is 17.2 Å². The van der Waals surface area contributed by atoms with Gasteiger partial charge in [0.1, 0.15) is 34.0 Å². The average Bonchev–Trinajstić information content (AvgIpc) is 2.65. The van der Waals surface area contributed by atoms with Gasteiger partial charge in [-0.25, -0.2) is 0 Å². The molecule has 1 aliphatic carbocycles. The number of ether oxygens (including phenoxy) is 2. The number of aromatic hydroxyl groups is 1. The third kappa shape index (κ3) is 2.85. The second-order valence-corrected chi connectivity index (χ2v) is 9.33. The molecule has 3 atom stereocenters. The fourth-order valence-corrected chi connectivity index (χ4v) is 5.44. The maximum Gasteiger partial charge on any atom is 0.193 e. The number of benzene rings is 2. The molecule has 0 amide bonds. The van der Waals surface area contributed by atoms with Crippen molar-refractivity contribution in [1.29, 1.82) is 0 Å². The molecule has 4 nitrogen and oxygen atoms in total. The summed E-state index contributed by atoms with van der Waals surface area (Å²) < 4.78 is 12.7. The van der Waals surface area contributed by atoms with Crippen molar-refractivity contribution in [1.82, 2.24) is 0 Å². The first-order valence-electron chi connectivity index (χ1n) is 10.3. The van der Waals surface area contributed by atoms with Gasteiger partial charge in [-0.05, 0) is 51.7 Å². The summed E-state index contributed by atoms with van der Waals surface area (Å²) in [5, 5.41) is 10.8. The molecular weight excluding hydrogens is 364 g/mol. The van der Waals surface area contributed by atoms with Crippen molar-refractivity contribution >= 4 is 11.9 Å². The van der Waals surface area contributed by atoms with Gasteiger partial charge < -0.3 is 14.6 Å². The van der Waals surface area contributed by atoms with Crippen molar-refractivity contribution in [3.63, 3.8) is 0 Å². The van der Waals surface area contributed by atoms with Crippen LogP contribution < -0.4 is 9.47 Å². The van der Waals surface area contributed by atoms with Crippen LogP contribution in [0.1, 0.15) is 67.4 Å². The van der Waals surface area contributed by atoms with Crippen molar-refractivity contribution in [2.75, 3.05) is 0 Å². The number of fused-ring (bicyclic) bond motifs is 1. The van der Waals surface area contributed by atoms with E-state index in [0.717, 1.165) is 30.4 Å². The molecule has 3 aliphatic rings. The maximum atomic E-state index is 13.1. The number of carbonyl (C=O) groups is 1. The van der Waals surface area contributed by atoms with Crippen molar-refractivity contribution in [3.05, 3.63) is 59.2 Å². The highest BCUT2D eigenvalue weighted by Crippen LogP contribution is 2.62. The summed E-state index contributed by atoms with van der Waals surface area (Å²) in [6.45, 7) is 6.36. The number of allylic oxidation sites excluding steroid dienone is 1. The second-order valence-electron chi connectivity index (χ2n) is 9.33. The number of hydrogen-bond acceptors (Lipinski definition) is 4. The minimum atomic E-state index is -0.315. The molecule has 4 heteroatoms. The van der Waals surface area contributed by atoms with Crippen molar-refractivity contribution in [3.8, 4) is 17.2 Å². The van der Waals surface area contributed by atoms with Gasteiger partial charge in [-0.15, -0.1) is 0 Å². The lowest BCUT2D eigenvalue weighted by Crippen LogP contribution is -2.54. The summed E-state index contributed by atoms with van der Waals surface area (Å²) in [5.74, 6) is 1.48. The molecule has 2 heterocycles. The Balaban J connectivity index is 1.63. The van der Waals surface area contributed by atoms with Crippen LogP contribution in [-0.2, 0) is 0 Å². The Labute approximate surface area is 171 Å². The first-order valence-corrected chi connectivity index (χ1v) is 10.3. The number of ketones is 1. The van der Waals surface area contributed by atoms with E-state index in [0.29, 0.717) is 17.4 Å². The SMILES string of the molecule is CC1(C)Oc2cc(O)c(C(=O)/C=C/c3ccccc3)c3c2[C@@H]2C[C@@](C)(CC[C@@H]21)O3. The number of rotatable bonds is 3. The van der Waals surface area contributed by atoms with Gasteiger partial charge in [0, 0.05) is 23.5 Å². The topological polar surface area (TPSA) is 55.8 Å². The molecule has 1 N–H and O–H groups in total. The Morgan fingerprint density at radius 3 is 2.69 bits per heavy atom. The first kappa shape index (κ1) is 18.3. The van der Waals surface area contributed by atoms with Crippen molar-refractivity contribution in [2.45, 2.75) is 57.2 Å². The zero-order valence-corrected chi connectivity index (χ0v) is 17.1. The van der Waals surface area contributed by atoms with Gasteiger partial charge in [-0.1, -0.05) is 36.4 Å². The highest BCUT2D eigenvalue weighted by atomic mass is 16.5. The van der Waals surface area contributed by atoms with Crippen LogP contribution in [0.15, 0.2) is 42.5 Å². The van der Waals surface area contributed by atoms with Gasteiger partial charge in [-0.2, -0.15) is 0 Å². The fraction of sp³-hybridized carbons (Fsp3) is 0.400. The summed E-state index contributed by atoms with van der Waals surface area (Å²) in [4.78, 5) is 13.1. The molecule has 0 saturated heterocycles. The van der Waals surface area contributed by atoms with Crippen LogP contribution in [0.2, 0.25) is 0 Å². The van der Waals surface area contributed by atoms with E-state index in [2.05, 4.69) is 20.8 Å². The van der Waals surface area contributed by atoms with E-state index in [9.17, 15) is 9.90 Å². The first-order chi connectivity index (χ1) is 13.8. The molecule has 2 bridgehead atoms. The Hall–Kier alpha value is -2.75. The second kappa shape index (κ2) is 6.12. The maximum absolute atomic E-state index is 13.1. The third-order valence-corrected chi connectivity index (χ3v) is 6.84. The summed E-state index contributed by atoms with van der Waals surface area (Å²) in [7, 11) is 0. The molecule has 0 aromatic heterocycles.